The van der Waals surface area contributed by atoms with Gasteiger partial charge in [0.2, 0.25) is 0 Å². The average molecular weight is 383 g/mol. The van der Waals surface area contributed by atoms with Crippen molar-refractivity contribution in [1.82, 2.24) is 5.43 Å². The van der Waals surface area contributed by atoms with Gasteiger partial charge in [-0.2, -0.15) is 5.10 Å². The maximum Gasteiger partial charge on any atom is 0.339 e. The van der Waals surface area contributed by atoms with Gasteiger partial charge in [-0.3, -0.25) is 4.79 Å². The lowest BCUT2D eigenvalue weighted by Crippen LogP contribution is -2.27. The Kier molecular flexibility index (Phi) is 7.23. The van der Waals surface area contributed by atoms with Crippen molar-refractivity contribution in [2.24, 2.45) is 28.8 Å². The summed E-state index contributed by atoms with van der Waals surface area (Å²) in [6.07, 6.45) is 12.7. The Balaban J connectivity index is 1.46. The van der Waals surface area contributed by atoms with Gasteiger partial charge in [-0.15, -0.1) is 0 Å². The number of benzene rings is 1. The lowest BCUT2D eigenvalue weighted by atomic mass is 9.78. The van der Waals surface area contributed by atoms with Crippen molar-refractivity contribution in [3.8, 4) is 0 Å². The van der Waals surface area contributed by atoms with E-state index in [-0.39, 0.29) is 12.5 Å². The number of carboxylic acid groups (broad SMARTS) is 1. The van der Waals surface area contributed by atoms with E-state index in [1.54, 1.807) is 0 Å². The van der Waals surface area contributed by atoms with Gasteiger partial charge in [0.05, 0.1) is 0 Å². The molecule has 0 radical (unpaired) electrons. The van der Waals surface area contributed by atoms with Gasteiger partial charge in [-0.1, -0.05) is 30.4 Å². The summed E-state index contributed by atoms with van der Waals surface area (Å²) < 4.78 is 0. The van der Waals surface area contributed by atoms with Gasteiger partial charge in [0, 0.05) is 24.2 Å². The van der Waals surface area contributed by atoms with E-state index in [9.17, 15) is 9.59 Å². The van der Waals surface area contributed by atoms with E-state index in [0.717, 1.165) is 24.4 Å². The molecule has 2 fully saturated rings. The van der Waals surface area contributed by atoms with Crippen LogP contribution in [0, 0.1) is 23.7 Å². The van der Waals surface area contributed by atoms with Crippen LogP contribution in [0.3, 0.4) is 0 Å². The molecule has 4 atom stereocenters. The van der Waals surface area contributed by atoms with Gasteiger partial charge in [-0.25, -0.2) is 10.2 Å². The third-order valence-corrected chi connectivity index (χ3v) is 5.94. The first-order valence-electron chi connectivity index (χ1n) is 10.2. The van der Waals surface area contributed by atoms with Gasteiger partial charge in [0.1, 0.15) is 0 Å². The molecule has 28 heavy (non-hydrogen) atoms. The molecular formula is C22H29N3O3. The van der Waals surface area contributed by atoms with Crippen LogP contribution in [0.25, 0.3) is 0 Å². The Hall–Kier alpha value is -2.63. The molecule has 0 heterocycles. The van der Waals surface area contributed by atoms with E-state index in [2.05, 4.69) is 28.0 Å². The first-order chi connectivity index (χ1) is 13.6. The summed E-state index contributed by atoms with van der Waals surface area (Å²) in [5.41, 5.74) is 3.32. The van der Waals surface area contributed by atoms with E-state index in [4.69, 9.17) is 5.11 Å². The maximum absolute atomic E-state index is 12.0. The van der Waals surface area contributed by atoms with Gasteiger partial charge in [0.15, 0.2) is 0 Å². The van der Waals surface area contributed by atoms with Crippen molar-refractivity contribution in [3.63, 3.8) is 0 Å². The SMILES string of the molecule is O=C(O)CCC/C=C\CC1C2CCC(C2)C1/C=N/NC(=O)Nc1ccccc1. The third-order valence-electron chi connectivity index (χ3n) is 5.94. The number of carbonyl (C=O) groups excluding carboxylic acids is 1. The van der Waals surface area contributed by atoms with Crippen molar-refractivity contribution < 1.29 is 14.7 Å². The lowest BCUT2D eigenvalue weighted by molar-refractivity contribution is -0.137. The highest BCUT2D eigenvalue weighted by molar-refractivity contribution is 5.89. The number of unbranched alkanes of at least 4 members (excludes halogenated alkanes) is 1. The zero-order valence-electron chi connectivity index (χ0n) is 16.1. The van der Waals surface area contributed by atoms with Gasteiger partial charge >= 0.3 is 12.0 Å². The number of hydrogen-bond donors (Lipinski definition) is 3. The highest BCUT2D eigenvalue weighted by Gasteiger charge is 2.45. The van der Waals surface area contributed by atoms with Crippen molar-refractivity contribution >= 4 is 23.9 Å². The standard InChI is InChI=1S/C22H29N3O3/c26-21(27)11-7-2-1-6-10-19-16-12-13-17(14-16)20(19)15-23-25-22(28)24-18-8-4-3-5-9-18/h1,3-6,8-9,15-17,19-20H,2,7,10-14H2,(H,26,27)(H2,24,25,28)/b6-1-,23-15+. The van der Waals surface area contributed by atoms with Crippen LogP contribution in [0.5, 0.6) is 0 Å². The molecule has 2 aliphatic carbocycles. The fourth-order valence-corrected chi connectivity index (χ4v) is 4.64. The summed E-state index contributed by atoms with van der Waals surface area (Å²) in [5.74, 6) is 1.64. The number of urea groups is 1. The fourth-order valence-electron chi connectivity index (χ4n) is 4.64. The second-order valence-corrected chi connectivity index (χ2v) is 7.78. The van der Waals surface area contributed by atoms with E-state index in [1.165, 1.54) is 19.3 Å². The number of aliphatic carboxylic acids is 1. The Labute approximate surface area is 166 Å². The minimum atomic E-state index is -0.735. The van der Waals surface area contributed by atoms with Crippen molar-refractivity contribution in [1.29, 1.82) is 0 Å². The molecule has 2 aliphatic rings. The minimum absolute atomic E-state index is 0.227. The number of carboxylic acids is 1. The highest BCUT2D eigenvalue weighted by atomic mass is 16.4. The summed E-state index contributed by atoms with van der Waals surface area (Å²) >= 11 is 0. The summed E-state index contributed by atoms with van der Waals surface area (Å²) in [6.45, 7) is 0. The third kappa shape index (κ3) is 5.68. The van der Waals surface area contributed by atoms with Crippen LogP contribution >= 0.6 is 0 Å². The second kappa shape index (κ2) is 10.1. The first-order valence-corrected chi connectivity index (χ1v) is 10.2. The van der Waals surface area contributed by atoms with E-state index in [0.29, 0.717) is 24.2 Å². The zero-order chi connectivity index (χ0) is 19.8. The number of fused-ring (bicyclic) bond motifs is 2. The van der Waals surface area contributed by atoms with Gasteiger partial charge < -0.3 is 10.4 Å². The molecule has 1 aromatic carbocycles. The van der Waals surface area contributed by atoms with Crippen molar-refractivity contribution in [2.45, 2.75) is 44.9 Å². The number of hydrazone groups is 1. The number of allylic oxidation sites excluding steroid dienone is 2. The number of carbonyl (C=O) groups is 2. The second-order valence-electron chi connectivity index (χ2n) is 7.78. The van der Waals surface area contributed by atoms with Gasteiger partial charge in [0.25, 0.3) is 0 Å². The van der Waals surface area contributed by atoms with Crippen LogP contribution in [0.4, 0.5) is 10.5 Å². The molecule has 2 saturated carbocycles. The number of para-hydroxylation sites is 1. The molecule has 2 bridgehead atoms. The molecule has 2 amide bonds. The normalized spacial score (nSPS) is 26.1. The Morgan fingerprint density at radius 1 is 1.14 bits per heavy atom. The number of nitrogens with zero attached hydrogens (tertiary/aromatic N) is 1. The minimum Gasteiger partial charge on any atom is -0.481 e. The smallest absolute Gasteiger partial charge is 0.339 e. The lowest BCUT2D eigenvalue weighted by Gasteiger charge is -2.27. The van der Waals surface area contributed by atoms with Gasteiger partial charge in [-0.05, 0) is 68.4 Å². The quantitative estimate of drug-likeness (QED) is 0.251. The summed E-state index contributed by atoms with van der Waals surface area (Å²) in [5, 5.41) is 15.7. The summed E-state index contributed by atoms with van der Waals surface area (Å²) in [6, 6.07) is 8.97. The predicted molar refractivity (Wildman–Crippen MR) is 110 cm³/mol. The predicted octanol–water partition coefficient (Wildman–Crippen LogP) is 4.66. The average Bonchev–Trinajstić information content (AvgIpc) is 3.27. The molecule has 4 unspecified atom stereocenters. The molecule has 0 spiro atoms. The van der Waals surface area contributed by atoms with Crippen molar-refractivity contribution in [2.75, 3.05) is 5.32 Å². The summed E-state index contributed by atoms with van der Waals surface area (Å²) in [4.78, 5) is 22.5. The largest absolute Gasteiger partial charge is 0.481 e. The molecule has 3 N–H and O–H groups in total. The first kappa shape index (κ1) is 20.1. The highest BCUT2D eigenvalue weighted by Crippen LogP contribution is 2.52. The molecule has 0 aromatic heterocycles. The molecule has 3 rings (SSSR count). The monoisotopic (exact) mass is 383 g/mol. The number of anilines is 1. The number of rotatable bonds is 9. The van der Waals surface area contributed by atoms with Crippen LogP contribution < -0.4 is 10.7 Å². The Morgan fingerprint density at radius 2 is 1.93 bits per heavy atom. The van der Waals surface area contributed by atoms with Crippen LogP contribution in [0.1, 0.15) is 44.9 Å². The molecule has 0 saturated heterocycles. The van der Waals surface area contributed by atoms with E-state index >= 15 is 0 Å². The topological polar surface area (TPSA) is 90.8 Å². The molecule has 0 aliphatic heterocycles. The number of nitrogens with one attached hydrogen (secondary N) is 2. The number of hydrogen-bond acceptors (Lipinski definition) is 3. The Bertz CT molecular complexity index is 717. The van der Waals surface area contributed by atoms with Crippen molar-refractivity contribution in [3.05, 3.63) is 42.5 Å². The fraction of sp³-hybridized carbons (Fsp3) is 0.500. The van der Waals surface area contributed by atoms with Crippen LogP contribution in [-0.4, -0.2) is 23.3 Å². The zero-order valence-corrected chi connectivity index (χ0v) is 16.1. The molecule has 6 heteroatoms. The number of amides is 2. The molecule has 1 aromatic rings. The van der Waals surface area contributed by atoms with Crippen LogP contribution in [0.2, 0.25) is 0 Å². The molecular weight excluding hydrogens is 354 g/mol. The molecule has 6 nitrogen and oxygen atoms in total. The maximum atomic E-state index is 12.0. The van der Waals surface area contributed by atoms with Crippen LogP contribution in [-0.2, 0) is 4.79 Å². The molecule has 150 valence electrons. The Morgan fingerprint density at radius 3 is 2.71 bits per heavy atom. The van der Waals surface area contributed by atoms with Crippen LogP contribution in [0.15, 0.2) is 47.6 Å². The van der Waals surface area contributed by atoms with E-state index < -0.39 is 5.97 Å². The van der Waals surface area contributed by atoms with E-state index in [1.807, 2.05) is 36.5 Å². The summed E-state index contributed by atoms with van der Waals surface area (Å²) in [7, 11) is 0.